The van der Waals surface area contributed by atoms with Crippen molar-refractivity contribution in [2.24, 2.45) is 0 Å². The number of aliphatic hydroxyl groups is 1. The highest BCUT2D eigenvalue weighted by Gasteiger charge is 2.56. The van der Waals surface area contributed by atoms with E-state index in [0.29, 0.717) is 5.69 Å². The van der Waals surface area contributed by atoms with E-state index in [1.54, 1.807) is 30.3 Å². The Bertz CT molecular complexity index is 1180. The summed E-state index contributed by atoms with van der Waals surface area (Å²) < 4.78 is 56.7. The number of phenols is 1. The molecule has 11 heteroatoms. The van der Waals surface area contributed by atoms with Gasteiger partial charge >= 0.3 is 6.18 Å². The Morgan fingerprint density at radius 3 is 2.41 bits per heavy atom. The van der Waals surface area contributed by atoms with Crippen LogP contribution in [-0.4, -0.2) is 44.2 Å². The first-order chi connectivity index (χ1) is 15.7. The molecule has 7 nitrogen and oxygen atoms in total. The molecule has 1 heterocycles. The fourth-order valence-corrected chi connectivity index (χ4v) is 3.77. The Hall–Kier alpha value is -3.60. The minimum atomic E-state index is -5.15. The summed E-state index contributed by atoms with van der Waals surface area (Å²) in [5.41, 5.74) is 1.31. The molecule has 1 amide bonds. The lowest BCUT2D eigenvalue weighted by Crippen LogP contribution is -2.56. The zero-order valence-electron chi connectivity index (χ0n) is 18.4. The van der Waals surface area contributed by atoms with Gasteiger partial charge in [0.15, 0.2) is 5.60 Å². The van der Waals surface area contributed by atoms with Gasteiger partial charge in [0.2, 0.25) is 0 Å². The average molecular weight is 480 g/mol. The van der Waals surface area contributed by atoms with E-state index in [-0.39, 0.29) is 16.9 Å². The molecule has 1 aromatic heterocycles. The second-order valence-electron chi connectivity index (χ2n) is 8.62. The van der Waals surface area contributed by atoms with Crippen molar-refractivity contribution in [2.75, 3.05) is 12.3 Å². The summed E-state index contributed by atoms with van der Waals surface area (Å²) in [7, 11) is 0. The summed E-state index contributed by atoms with van der Waals surface area (Å²) in [6.07, 6.45) is -5.02. The summed E-state index contributed by atoms with van der Waals surface area (Å²) in [6.45, 7) is 1.44. The van der Waals surface area contributed by atoms with Gasteiger partial charge in [0, 0.05) is 5.56 Å². The molecule has 0 saturated carbocycles. The zero-order valence-corrected chi connectivity index (χ0v) is 18.4. The number of carbonyl (C=O) groups is 1. The monoisotopic (exact) mass is 480 g/mol. The highest BCUT2D eigenvalue weighted by atomic mass is 19.4. The number of aromatic hydroxyl groups is 1. The van der Waals surface area contributed by atoms with Crippen molar-refractivity contribution in [2.45, 2.75) is 37.5 Å². The molecular weight excluding hydrogens is 456 g/mol. The minimum Gasteiger partial charge on any atom is -0.508 e. The normalized spacial score (nSPS) is 14.0. The molecule has 34 heavy (non-hydrogen) atoms. The number of nitrogens with one attached hydrogen (secondary N) is 1. The Labute approximate surface area is 192 Å². The van der Waals surface area contributed by atoms with Crippen molar-refractivity contribution < 1.29 is 32.6 Å². The predicted octanol–water partition coefficient (Wildman–Crippen LogP) is 3.69. The number of halogens is 4. The van der Waals surface area contributed by atoms with Gasteiger partial charge in [-0.3, -0.25) is 4.79 Å². The van der Waals surface area contributed by atoms with E-state index in [1.807, 2.05) is 0 Å². The number of para-hydroxylation sites is 1. The lowest BCUT2D eigenvalue weighted by atomic mass is 9.74. The summed E-state index contributed by atoms with van der Waals surface area (Å²) >= 11 is 0. The molecule has 3 aromatic rings. The van der Waals surface area contributed by atoms with Crippen LogP contribution in [0.15, 0.2) is 54.7 Å². The van der Waals surface area contributed by atoms with E-state index >= 15 is 0 Å². The Balaban J connectivity index is 1.83. The van der Waals surface area contributed by atoms with Crippen LogP contribution in [0.2, 0.25) is 0 Å². The summed E-state index contributed by atoms with van der Waals surface area (Å²) in [6, 6.07) is 11.5. The summed E-state index contributed by atoms with van der Waals surface area (Å²) in [5.74, 6) is -2.23. The third-order valence-electron chi connectivity index (χ3n) is 5.54. The number of anilines is 1. The maximum Gasteiger partial charge on any atom is 0.418 e. The first kappa shape index (κ1) is 25.0. The number of carbonyl (C=O) groups excluding carboxylic acids is 1. The van der Waals surface area contributed by atoms with Gasteiger partial charge in [0.05, 0.1) is 18.4 Å². The molecule has 1 atom stereocenters. The first-order valence-electron chi connectivity index (χ1n) is 10.2. The van der Waals surface area contributed by atoms with E-state index in [4.69, 9.17) is 5.73 Å². The van der Waals surface area contributed by atoms with Crippen LogP contribution >= 0.6 is 0 Å². The third kappa shape index (κ3) is 4.98. The number of hydrogen-bond acceptors (Lipinski definition) is 5. The number of benzene rings is 2. The fourth-order valence-electron chi connectivity index (χ4n) is 3.77. The molecule has 0 unspecified atom stereocenters. The van der Waals surface area contributed by atoms with Crippen molar-refractivity contribution in [3.05, 3.63) is 71.7 Å². The Kier molecular flexibility index (Phi) is 6.61. The first-order valence-corrected chi connectivity index (χ1v) is 10.2. The van der Waals surface area contributed by atoms with E-state index in [0.717, 1.165) is 24.4 Å². The SMILES string of the molecule is CC(C)(C[C@](O)(CNC(=O)c1cnn(-c2ccccc2)c1N)C(F)(F)F)c1cc(F)ccc1O. The largest absolute Gasteiger partial charge is 0.508 e. The molecule has 0 aliphatic carbocycles. The Morgan fingerprint density at radius 2 is 1.79 bits per heavy atom. The van der Waals surface area contributed by atoms with Crippen LogP contribution in [0.5, 0.6) is 5.75 Å². The van der Waals surface area contributed by atoms with Gasteiger partial charge < -0.3 is 21.3 Å². The van der Waals surface area contributed by atoms with Crippen molar-refractivity contribution in [1.29, 1.82) is 0 Å². The molecule has 0 bridgehead atoms. The highest BCUT2D eigenvalue weighted by Crippen LogP contribution is 2.43. The van der Waals surface area contributed by atoms with Gasteiger partial charge in [-0.2, -0.15) is 18.3 Å². The van der Waals surface area contributed by atoms with Crippen molar-refractivity contribution >= 4 is 11.7 Å². The van der Waals surface area contributed by atoms with Gasteiger partial charge in [-0.15, -0.1) is 0 Å². The molecular formula is C23H24F4N4O3. The van der Waals surface area contributed by atoms with Crippen LogP contribution in [-0.2, 0) is 5.41 Å². The Morgan fingerprint density at radius 1 is 1.15 bits per heavy atom. The molecule has 182 valence electrons. The molecule has 0 aliphatic heterocycles. The molecule has 0 fully saturated rings. The highest BCUT2D eigenvalue weighted by molar-refractivity contribution is 5.98. The van der Waals surface area contributed by atoms with Crippen molar-refractivity contribution in [3.63, 3.8) is 0 Å². The predicted molar refractivity (Wildman–Crippen MR) is 117 cm³/mol. The smallest absolute Gasteiger partial charge is 0.418 e. The second kappa shape index (κ2) is 8.98. The average Bonchev–Trinajstić information content (AvgIpc) is 3.14. The maximum atomic E-state index is 13.9. The number of rotatable bonds is 7. The number of nitrogens with two attached hydrogens (primary N) is 1. The van der Waals surface area contributed by atoms with E-state index in [2.05, 4.69) is 10.4 Å². The second-order valence-corrected chi connectivity index (χ2v) is 8.62. The fraction of sp³-hybridized carbons (Fsp3) is 0.304. The lowest BCUT2D eigenvalue weighted by Gasteiger charge is -2.38. The number of nitrogen functional groups attached to an aromatic ring is 1. The van der Waals surface area contributed by atoms with Gasteiger partial charge in [-0.05, 0) is 42.2 Å². The number of phenolic OH excluding ortho intramolecular Hbond substituents is 1. The van der Waals surface area contributed by atoms with Gasteiger partial charge in [0.1, 0.15) is 22.9 Å². The van der Waals surface area contributed by atoms with Gasteiger partial charge in [-0.1, -0.05) is 32.0 Å². The van der Waals surface area contributed by atoms with Gasteiger partial charge in [-0.25, -0.2) is 9.07 Å². The lowest BCUT2D eigenvalue weighted by molar-refractivity contribution is -0.263. The number of alkyl halides is 3. The quantitative estimate of drug-likeness (QED) is 0.385. The topological polar surface area (TPSA) is 113 Å². The molecule has 3 rings (SSSR count). The van der Waals surface area contributed by atoms with E-state index in [1.165, 1.54) is 18.5 Å². The maximum absolute atomic E-state index is 13.9. The van der Waals surface area contributed by atoms with Crippen LogP contribution in [0, 0.1) is 5.82 Å². The van der Waals surface area contributed by atoms with Crippen LogP contribution in [0.4, 0.5) is 23.4 Å². The third-order valence-corrected chi connectivity index (χ3v) is 5.54. The molecule has 0 aliphatic rings. The number of hydrogen-bond donors (Lipinski definition) is 4. The standard InChI is InChI=1S/C23H24F4N4O3/c1-21(2,17-10-14(24)8-9-18(17)32)12-22(34,23(25,26)27)13-29-20(33)16-11-30-31(19(16)28)15-6-4-3-5-7-15/h3-11,32,34H,12-13,28H2,1-2H3,(H,29,33)/t22-/m0/s1. The van der Waals surface area contributed by atoms with Crippen LogP contribution < -0.4 is 11.1 Å². The van der Waals surface area contributed by atoms with Crippen LogP contribution in [0.25, 0.3) is 5.69 Å². The van der Waals surface area contributed by atoms with Gasteiger partial charge in [0.25, 0.3) is 5.91 Å². The summed E-state index contributed by atoms with van der Waals surface area (Å²) in [4.78, 5) is 12.6. The van der Waals surface area contributed by atoms with Crippen LogP contribution in [0.3, 0.4) is 0 Å². The molecule has 2 aromatic carbocycles. The van der Waals surface area contributed by atoms with Crippen molar-refractivity contribution in [1.82, 2.24) is 15.1 Å². The molecule has 5 N–H and O–H groups in total. The minimum absolute atomic E-state index is 0.0933. The number of nitrogens with zero attached hydrogens (tertiary/aromatic N) is 2. The summed E-state index contributed by atoms with van der Waals surface area (Å²) in [5, 5.41) is 26.7. The van der Waals surface area contributed by atoms with E-state index < -0.39 is 47.6 Å². The molecule has 0 radical (unpaired) electrons. The van der Waals surface area contributed by atoms with Crippen LogP contribution in [0.1, 0.15) is 36.2 Å². The molecule has 0 saturated heterocycles. The molecule has 0 spiro atoms. The number of aromatic nitrogens is 2. The number of amides is 1. The van der Waals surface area contributed by atoms with Crippen molar-refractivity contribution in [3.8, 4) is 11.4 Å². The zero-order chi connectivity index (χ0) is 25.3. The van der Waals surface area contributed by atoms with E-state index in [9.17, 15) is 32.6 Å².